The highest BCUT2D eigenvalue weighted by molar-refractivity contribution is 9.10. The molecule has 0 saturated carbocycles. The number of nitrogens with one attached hydrogen (secondary N) is 1. The Morgan fingerprint density at radius 1 is 1.14 bits per heavy atom. The van der Waals surface area contributed by atoms with Crippen LogP contribution in [0.2, 0.25) is 0 Å². The number of carbonyl (C=O) groups is 1. The minimum atomic E-state index is -0.127. The van der Waals surface area contributed by atoms with E-state index in [0.717, 1.165) is 20.7 Å². The highest BCUT2D eigenvalue weighted by Crippen LogP contribution is 2.23. The van der Waals surface area contributed by atoms with Crippen molar-refractivity contribution in [1.29, 1.82) is 0 Å². The first-order valence-corrected chi connectivity index (χ1v) is 7.96. The average molecular weight is 359 g/mol. The van der Waals surface area contributed by atoms with E-state index in [1.807, 2.05) is 41.8 Å². The van der Waals surface area contributed by atoms with Crippen molar-refractivity contribution in [1.82, 2.24) is 4.98 Å². The Morgan fingerprint density at radius 3 is 2.62 bits per heavy atom. The van der Waals surface area contributed by atoms with Gasteiger partial charge in [0.05, 0.1) is 0 Å². The zero-order valence-corrected chi connectivity index (χ0v) is 13.3. The molecule has 1 heterocycles. The van der Waals surface area contributed by atoms with Gasteiger partial charge < -0.3 is 5.32 Å². The van der Waals surface area contributed by atoms with Gasteiger partial charge in [0.2, 0.25) is 0 Å². The number of hydrogen-bond acceptors (Lipinski definition) is 3. The molecule has 1 aromatic heterocycles. The van der Waals surface area contributed by atoms with Crippen LogP contribution in [0.15, 0.2) is 64.6 Å². The molecule has 0 fully saturated rings. The topological polar surface area (TPSA) is 42.0 Å². The molecule has 0 aliphatic heterocycles. The minimum Gasteiger partial charge on any atom is -0.322 e. The number of anilines is 1. The Balaban J connectivity index is 1.75. The molecule has 0 saturated heterocycles. The van der Waals surface area contributed by atoms with Crippen molar-refractivity contribution in [3.8, 4) is 10.6 Å². The van der Waals surface area contributed by atoms with E-state index in [9.17, 15) is 4.79 Å². The zero-order valence-electron chi connectivity index (χ0n) is 10.9. The summed E-state index contributed by atoms with van der Waals surface area (Å²) in [6, 6.07) is 15.0. The number of amides is 1. The zero-order chi connectivity index (χ0) is 14.7. The molecule has 3 aromatic rings. The molecular formula is C16H11BrN2OS. The van der Waals surface area contributed by atoms with E-state index in [1.165, 1.54) is 0 Å². The van der Waals surface area contributed by atoms with Crippen molar-refractivity contribution in [3.05, 3.63) is 70.1 Å². The Bertz CT molecular complexity index is 754. The molecule has 0 bridgehead atoms. The first-order valence-electron chi connectivity index (χ1n) is 6.29. The first kappa shape index (κ1) is 14.0. The number of rotatable bonds is 3. The maximum Gasteiger partial charge on any atom is 0.255 e. The molecule has 0 atom stereocenters. The predicted octanol–water partition coefficient (Wildman–Crippen LogP) is 4.82. The van der Waals surface area contributed by atoms with Gasteiger partial charge in [-0.1, -0.05) is 22.0 Å². The summed E-state index contributed by atoms with van der Waals surface area (Å²) in [5.41, 5.74) is 2.43. The molecule has 1 amide bonds. The summed E-state index contributed by atoms with van der Waals surface area (Å²) in [7, 11) is 0. The molecule has 0 aliphatic carbocycles. The molecule has 5 heteroatoms. The molecule has 0 radical (unpaired) electrons. The second-order valence-electron chi connectivity index (χ2n) is 4.38. The third-order valence-electron chi connectivity index (χ3n) is 2.91. The SMILES string of the molecule is O=C(Nc1ccc(-c2nccs2)cc1)c1cccc(Br)c1. The number of carbonyl (C=O) groups excluding carboxylic acids is 1. The van der Waals surface area contributed by atoms with Crippen LogP contribution in [0.25, 0.3) is 10.6 Å². The summed E-state index contributed by atoms with van der Waals surface area (Å²) >= 11 is 4.95. The summed E-state index contributed by atoms with van der Waals surface area (Å²) in [5.74, 6) is -0.127. The molecule has 3 rings (SSSR count). The second-order valence-corrected chi connectivity index (χ2v) is 6.19. The summed E-state index contributed by atoms with van der Waals surface area (Å²) in [6.07, 6.45) is 1.78. The van der Waals surface area contributed by atoms with Gasteiger partial charge in [-0.15, -0.1) is 11.3 Å². The monoisotopic (exact) mass is 358 g/mol. The van der Waals surface area contributed by atoms with Crippen molar-refractivity contribution in [3.63, 3.8) is 0 Å². The lowest BCUT2D eigenvalue weighted by molar-refractivity contribution is 0.102. The van der Waals surface area contributed by atoms with E-state index in [2.05, 4.69) is 26.2 Å². The van der Waals surface area contributed by atoms with Crippen LogP contribution in [0.1, 0.15) is 10.4 Å². The fourth-order valence-corrected chi connectivity index (χ4v) is 2.94. The number of benzene rings is 2. The van der Waals surface area contributed by atoms with Gasteiger partial charge in [0.1, 0.15) is 5.01 Å². The molecule has 0 spiro atoms. The van der Waals surface area contributed by atoms with Crippen LogP contribution >= 0.6 is 27.3 Å². The van der Waals surface area contributed by atoms with Crippen LogP contribution in [-0.4, -0.2) is 10.9 Å². The smallest absolute Gasteiger partial charge is 0.255 e. The maximum atomic E-state index is 12.1. The van der Waals surface area contributed by atoms with Crippen molar-refractivity contribution >= 4 is 38.9 Å². The third-order valence-corrected chi connectivity index (χ3v) is 4.22. The van der Waals surface area contributed by atoms with Gasteiger partial charge in [-0.25, -0.2) is 4.98 Å². The van der Waals surface area contributed by atoms with Gasteiger partial charge >= 0.3 is 0 Å². The number of hydrogen-bond donors (Lipinski definition) is 1. The summed E-state index contributed by atoms with van der Waals surface area (Å²) in [4.78, 5) is 16.4. The van der Waals surface area contributed by atoms with Crippen molar-refractivity contribution in [2.24, 2.45) is 0 Å². The highest BCUT2D eigenvalue weighted by Gasteiger charge is 2.07. The van der Waals surface area contributed by atoms with Crippen molar-refractivity contribution in [2.75, 3.05) is 5.32 Å². The largest absolute Gasteiger partial charge is 0.322 e. The van der Waals surface area contributed by atoms with E-state index >= 15 is 0 Å². The standard InChI is InChI=1S/C16H11BrN2OS/c17-13-3-1-2-12(10-13)15(20)19-14-6-4-11(5-7-14)16-18-8-9-21-16/h1-10H,(H,19,20). The number of nitrogens with zero attached hydrogens (tertiary/aromatic N) is 1. The molecule has 0 unspecified atom stereocenters. The van der Waals surface area contributed by atoms with E-state index in [4.69, 9.17) is 0 Å². The lowest BCUT2D eigenvalue weighted by Gasteiger charge is -2.06. The number of aromatic nitrogens is 1. The Labute approximate surface area is 134 Å². The van der Waals surface area contributed by atoms with Crippen LogP contribution in [0.3, 0.4) is 0 Å². The fraction of sp³-hybridized carbons (Fsp3) is 0. The van der Waals surface area contributed by atoms with Crippen LogP contribution in [-0.2, 0) is 0 Å². The van der Waals surface area contributed by atoms with Crippen molar-refractivity contribution < 1.29 is 4.79 Å². The third kappa shape index (κ3) is 3.37. The van der Waals surface area contributed by atoms with Crippen LogP contribution < -0.4 is 5.32 Å². The molecule has 3 nitrogen and oxygen atoms in total. The lowest BCUT2D eigenvalue weighted by atomic mass is 10.2. The van der Waals surface area contributed by atoms with E-state index in [-0.39, 0.29) is 5.91 Å². The quantitative estimate of drug-likeness (QED) is 0.728. The average Bonchev–Trinajstić information content (AvgIpc) is 3.02. The molecule has 104 valence electrons. The van der Waals surface area contributed by atoms with Crippen LogP contribution in [0.5, 0.6) is 0 Å². The van der Waals surface area contributed by atoms with Gasteiger partial charge in [-0.05, 0) is 42.5 Å². The Morgan fingerprint density at radius 2 is 1.95 bits per heavy atom. The van der Waals surface area contributed by atoms with Gasteiger partial charge in [-0.3, -0.25) is 4.79 Å². The lowest BCUT2D eigenvalue weighted by Crippen LogP contribution is -2.11. The molecular weight excluding hydrogens is 348 g/mol. The molecule has 2 aromatic carbocycles. The van der Waals surface area contributed by atoms with Gasteiger partial charge in [0.15, 0.2) is 0 Å². The first-order chi connectivity index (χ1) is 10.2. The van der Waals surface area contributed by atoms with E-state index < -0.39 is 0 Å². The predicted molar refractivity (Wildman–Crippen MR) is 89.6 cm³/mol. The Kier molecular flexibility index (Phi) is 4.13. The summed E-state index contributed by atoms with van der Waals surface area (Å²) in [5, 5.41) is 5.80. The summed E-state index contributed by atoms with van der Waals surface area (Å²) < 4.78 is 0.884. The van der Waals surface area contributed by atoms with Crippen molar-refractivity contribution in [2.45, 2.75) is 0 Å². The maximum absolute atomic E-state index is 12.1. The van der Waals surface area contributed by atoms with Gasteiger partial charge in [0.25, 0.3) is 5.91 Å². The molecule has 21 heavy (non-hydrogen) atoms. The minimum absolute atomic E-state index is 0.127. The molecule has 0 aliphatic rings. The Hall–Kier alpha value is -1.98. The number of halogens is 1. The van der Waals surface area contributed by atoms with Gasteiger partial charge in [-0.2, -0.15) is 0 Å². The highest BCUT2D eigenvalue weighted by atomic mass is 79.9. The van der Waals surface area contributed by atoms with Gasteiger partial charge in [0, 0.05) is 32.9 Å². The second kappa shape index (κ2) is 6.20. The van der Waals surface area contributed by atoms with E-state index in [1.54, 1.807) is 29.7 Å². The molecule has 1 N–H and O–H groups in total. The van der Waals surface area contributed by atoms with Crippen LogP contribution in [0, 0.1) is 0 Å². The normalized spacial score (nSPS) is 10.3. The summed E-state index contributed by atoms with van der Waals surface area (Å²) in [6.45, 7) is 0. The van der Waals surface area contributed by atoms with Crippen LogP contribution in [0.4, 0.5) is 5.69 Å². The number of thiazole rings is 1. The van der Waals surface area contributed by atoms with E-state index in [0.29, 0.717) is 5.56 Å². The fourth-order valence-electron chi connectivity index (χ4n) is 1.90.